The van der Waals surface area contributed by atoms with Crippen LogP contribution in [0.3, 0.4) is 0 Å². The molecular formula is C24H33N5O5S. The highest BCUT2D eigenvalue weighted by molar-refractivity contribution is 8.24. The highest BCUT2D eigenvalue weighted by Crippen LogP contribution is 2.40. The third-order valence-corrected chi connectivity index (χ3v) is 8.15. The quantitative estimate of drug-likeness (QED) is 0.600. The van der Waals surface area contributed by atoms with Gasteiger partial charge < -0.3 is 19.4 Å². The van der Waals surface area contributed by atoms with Gasteiger partial charge in [-0.05, 0) is 43.4 Å². The van der Waals surface area contributed by atoms with Crippen molar-refractivity contribution in [1.82, 2.24) is 14.8 Å². The Hall–Kier alpha value is -2.86. The monoisotopic (exact) mass is 503 g/mol. The Morgan fingerprint density at radius 1 is 1.00 bits per heavy atom. The third kappa shape index (κ3) is 6.23. The van der Waals surface area contributed by atoms with Gasteiger partial charge in [-0.25, -0.2) is 9.59 Å². The van der Waals surface area contributed by atoms with Gasteiger partial charge in [-0.2, -0.15) is 10.6 Å². The van der Waals surface area contributed by atoms with Gasteiger partial charge >= 0.3 is 12.0 Å². The molecule has 0 spiro atoms. The average molecular weight is 504 g/mol. The number of benzene rings is 1. The van der Waals surface area contributed by atoms with Crippen LogP contribution in [-0.4, -0.2) is 101 Å². The van der Waals surface area contributed by atoms with Crippen molar-refractivity contribution in [3.63, 3.8) is 0 Å². The summed E-state index contributed by atoms with van der Waals surface area (Å²) in [4.78, 5) is 37.6. The molecule has 0 aliphatic carbocycles. The molecule has 10 nitrogen and oxygen atoms in total. The summed E-state index contributed by atoms with van der Waals surface area (Å²) in [6, 6.07) is 11.0. The second-order valence-corrected chi connectivity index (χ2v) is 11.3. The highest BCUT2D eigenvalue weighted by Gasteiger charge is 2.29. The van der Waals surface area contributed by atoms with Crippen LogP contribution in [0, 0.1) is 0 Å². The number of ether oxygens (including phenoxy) is 1. The van der Waals surface area contributed by atoms with Crippen molar-refractivity contribution in [2.24, 2.45) is 0 Å². The molecule has 2 fully saturated rings. The number of piperazine rings is 1. The molecule has 4 rings (SSSR count). The van der Waals surface area contributed by atoms with Crippen molar-refractivity contribution >= 4 is 34.0 Å². The summed E-state index contributed by atoms with van der Waals surface area (Å²) in [5, 5.41) is 0. The van der Waals surface area contributed by atoms with Crippen molar-refractivity contribution in [1.29, 1.82) is 0 Å². The molecule has 11 heteroatoms. The number of esters is 1. The molecule has 2 aliphatic rings. The summed E-state index contributed by atoms with van der Waals surface area (Å²) < 4.78 is 24.6. The number of likely N-dealkylation sites (N-methyl/N-ethyl adjacent to an activating group) is 1. The zero-order valence-corrected chi connectivity index (χ0v) is 21.0. The number of hydrogen-bond donors (Lipinski definition) is 2. The zero-order valence-electron chi connectivity index (χ0n) is 20.2. The number of nitrogens with zero attached hydrogens (tertiary/aromatic N) is 5. The van der Waals surface area contributed by atoms with E-state index < -0.39 is 16.6 Å². The fraction of sp³-hybridized carbons (Fsp3) is 0.458. The van der Waals surface area contributed by atoms with Crippen molar-refractivity contribution in [3.05, 3.63) is 53.9 Å². The summed E-state index contributed by atoms with van der Waals surface area (Å²) >= 11 is 0. The standard InChI is InChI=1S/C24H33N5O5S/c1-26-9-11-27(12-10-26)21-5-7-22(8-6-21)29(24(31)28-13-15-35(32,33)16-14-28)18-20-4-3-19(17-25-20)23(30)34-2/h3-8,17,32-33H,9-16,18H2,1-2H3. The van der Waals surface area contributed by atoms with Crippen LogP contribution in [0.25, 0.3) is 0 Å². The van der Waals surface area contributed by atoms with Crippen LogP contribution < -0.4 is 9.80 Å². The number of pyridine rings is 1. The molecule has 2 aliphatic heterocycles. The number of methoxy groups -OCH3 is 1. The van der Waals surface area contributed by atoms with Gasteiger partial charge in [-0.3, -0.25) is 19.0 Å². The molecule has 1 aromatic heterocycles. The minimum absolute atomic E-state index is 0.182. The van der Waals surface area contributed by atoms with Gasteiger partial charge in [0.15, 0.2) is 0 Å². The van der Waals surface area contributed by atoms with Gasteiger partial charge in [0.1, 0.15) is 0 Å². The number of carbonyl (C=O) groups excluding carboxylic acids is 2. The number of anilines is 2. The lowest BCUT2D eigenvalue weighted by Crippen LogP contribution is -2.49. The second-order valence-electron chi connectivity index (χ2n) is 8.90. The Labute approximate surface area is 207 Å². The zero-order chi connectivity index (χ0) is 25.0. The van der Waals surface area contributed by atoms with E-state index in [9.17, 15) is 18.7 Å². The fourth-order valence-electron chi connectivity index (χ4n) is 4.18. The predicted octanol–water partition coefficient (Wildman–Crippen LogP) is 2.81. The van der Waals surface area contributed by atoms with Crippen LogP contribution in [0.15, 0.2) is 42.6 Å². The van der Waals surface area contributed by atoms with Crippen molar-refractivity contribution in [3.8, 4) is 0 Å². The highest BCUT2D eigenvalue weighted by atomic mass is 32.3. The Bertz CT molecular complexity index is 1020. The maximum absolute atomic E-state index is 13.5. The van der Waals surface area contributed by atoms with E-state index in [1.54, 1.807) is 21.9 Å². The molecule has 35 heavy (non-hydrogen) atoms. The number of rotatable bonds is 5. The first-order chi connectivity index (χ1) is 16.8. The predicted molar refractivity (Wildman–Crippen MR) is 137 cm³/mol. The molecule has 2 aromatic rings. The largest absolute Gasteiger partial charge is 0.465 e. The smallest absolute Gasteiger partial charge is 0.339 e. The van der Waals surface area contributed by atoms with E-state index in [-0.39, 0.29) is 37.2 Å². The van der Waals surface area contributed by atoms with Gasteiger partial charge in [-0.1, -0.05) is 0 Å². The summed E-state index contributed by atoms with van der Waals surface area (Å²) in [6.07, 6.45) is 1.44. The summed E-state index contributed by atoms with van der Waals surface area (Å²) in [5.41, 5.74) is 2.80. The molecule has 0 radical (unpaired) electrons. The van der Waals surface area contributed by atoms with Crippen LogP contribution in [-0.2, 0) is 11.3 Å². The average Bonchev–Trinajstić information content (AvgIpc) is 2.87. The van der Waals surface area contributed by atoms with Gasteiger partial charge in [0.05, 0.1) is 36.4 Å². The first-order valence-corrected chi connectivity index (χ1v) is 13.5. The third-order valence-electron chi connectivity index (χ3n) is 6.47. The first kappa shape index (κ1) is 25.2. The van der Waals surface area contributed by atoms with Crippen LogP contribution in [0.4, 0.5) is 16.2 Å². The van der Waals surface area contributed by atoms with Gasteiger partial charge in [0.2, 0.25) is 0 Å². The van der Waals surface area contributed by atoms with Gasteiger partial charge in [0, 0.05) is 56.8 Å². The minimum atomic E-state index is -2.61. The summed E-state index contributed by atoms with van der Waals surface area (Å²) in [6.45, 7) is 4.70. The minimum Gasteiger partial charge on any atom is -0.465 e. The Kier molecular flexibility index (Phi) is 7.80. The maximum atomic E-state index is 13.5. The van der Waals surface area contributed by atoms with Crippen LogP contribution in [0.5, 0.6) is 0 Å². The molecule has 1 aromatic carbocycles. The normalized spacial score (nSPS) is 19.2. The lowest BCUT2D eigenvalue weighted by molar-refractivity contribution is 0.0600. The van der Waals surface area contributed by atoms with Crippen LogP contribution in [0.1, 0.15) is 16.1 Å². The second kappa shape index (κ2) is 10.8. The van der Waals surface area contributed by atoms with Gasteiger partial charge in [0.25, 0.3) is 0 Å². The Morgan fingerprint density at radius 2 is 1.66 bits per heavy atom. The number of urea groups is 1. The molecule has 2 saturated heterocycles. The molecule has 0 unspecified atom stereocenters. The van der Waals surface area contributed by atoms with E-state index in [2.05, 4.69) is 21.8 Å². The molecule has 0 saturated carbocycles. The summed E-state index contributed by atoms with van der Waals surface area (Å²) in [7, 11) is 0.823. The van der Waals surface area contributed by atoms with Crippen molar-refractivity contribution in [2.75, 3.05) is 74.7 Å². The van der Waals surface area contributed by atoms with Crippen LogP contribution in [0.2, 0.25) is 0 Å². The molecule has 190 valence electrons. The number of aromatic nitrogens is 1. The van der Waals surface area contributed by atoms with E-state index in [0.29, 0.717) is 11.3 Å². The lowest BCUT2D eigenvalue weighted by atomic mass is 10.2. The Morgan fingerprint density at radius 3 is 2.23 bits per heavy atom. The summed E-state index contributed by atoms with van der Waals surface area (Å²) in [5.74, 6) is -0.106. The maximum Gasteiger partial charge on any atom is 0.339 e. The lowest BCUT2D eigenvalue weighted by Gasteiger charge is -2.42. The van der Waals surface area contributed by atoms with E-state index >= 15 is 0 Å². The van der Waals surface area contributed by atoms with Crippen molar-refractivity contribution < 1.29 is 23.4 Å². The molecule has 0 bridgehead atoms. The van der Waals surface area contributed by atoms with E-state index in [4.69, 9.17) is 4.74 Å². The van der Waals surface area contributed by atoms with E-state index in [0.717, 1.165) is 37.6 Å². The fourth-order valence-corrected chi connectivity index (χ4v) is 5.41. The Balaban J connectivity index is 1.55. The number of amides is 2. The molecule has 2 N–H and O–H groups in total. The van der Waals surface area contributed by atoms with E-state index in [1.165, 1.54) is 13.3 Å². The molecule has 2 amide bonds. The van der Waals surface area contributed by atoms with Crippen LogP contribution >= 0.6 is 10.6 Å². The topological polar surface area (TPSA) is 110 Å². The molecule has 3 heterocycles. The number of carbonyl (C=O) groups is 2. The number of hydrogen-bond acceptors (Lipinski definition) is 8. The van der Waals surface area contributed by atoms with Gasteiger partial charge in [-0.15, -0.1) is 0 Å². The van der Waals surface area contributed by atoms with E-state index in [1.807, 2.05) is 24.3 Å². The molecule has 0 atom stereocenters. The SMILES string of the molecule is COC(=O)c1ccc(CN(C(=O)N2CCS(O)(O)CC2)c2ccc(N3CCN(C)CC3)cc2)nc1. The first-order valence-electron chi connectivity index (χ1n) is 11.6. The van der Waals surface area contributed by atoms with Crippen molar-refractivity contribution in [2.45, 2.75) is 6.54 Å². The molecular weight excluding hydrogens is 470 g/mol.